The van der Waals surface area contributed by atoms with Crippen LogP contribution in [0.25, 0.3) is 0 Å². The van der Waals surface area contributed by atoms with E-state index in [9.17, 15) is 4.79 Å². The Kier molecular flexibility index (Phi) is 4.14. The van der Waals surface area contributed by atoms with Gasteiger partial charge in [0.25, 0.3) is 0 Å². The molecule has 0 aliphatic carbocycles. The number of hydrogen-bond donors (Lipinski definition) is 0. The Balaban J connectivity index is 2.23. The zero-order valence-corrected chi connectivity index (χ0v) is 8.86. The van der Waals surface area contributed by atoms with Crippen molar-refractivity contribution in [2.24, 2.45) is 5.92 Å². The summed E-state index contributed by atoms with van der Waals surface area (Å²) in [5.74, 6) is 0.207. The van der Waals surface area contributed by atoms with Crippen molar-refractivity contribution in [2.45, 2.75) is 38.9 Å². The van der Waals surface area contributed by atoms with Crippen molar-refractivity contribution in [3.63, 3.8) is 0 Å². The minimum absolute atomic E-state index is 0.0385. The van der Waals surface area contributed by atoms with Crippen LogP contribution in [-0.2, 0) is 14.3 Å². The van der Waals surface area contributed by atoms with Crippen LogP contribution >= 0.6 is 0 Å². The van der Waals surface area contributed by atoms with Crippen LogP contribution < -0.4 is 0 Å². The zero-order valence-electron chi connectivity index (χ0n) is 8.86. The van der Waals surface area contributed by atoms with Gasteiger partial charge in [-0.2, -0.15) is 0 Å². The fourth-order valence-corrected chi connectivity index (χ4v) is 1.76. The summed E-state index contributed by atoms with van der Waals surface area (Å²) in [4.78, 5) is 10.9. The third kappa shape index (κ3) is 2.84. The Labute approximate surface area is 85.1 Å². The number of hydrogen-bond acceptors (Lipinski definition) is 3. The van der Waals surface area contributed by atoms with Crippen LogP contribution in [0, 0.1) is 5.92 Å². The highest BCUT2D eigenvalue weighted by Gasteiger charge is 2.32. The van der Waals surface area contributed by atoms with E-state index in [-0.39, 0.29) is 12.1 Å². The van der Waals surface area contributed by atoms with Crippen LogP contribution in [0.1, 0.15) is 26.7 Å². The molecule has 0 aromatic carbocycles. The quantitative estimate of drug-likeness (QED) is 0.500. The van der Waals surface area contributed by atoms with Crippen LogP contribution in [0.15, 0.2) is 12.7 Å². The second-order valence-corrected chi connectivity index (χ2v) is 3.73. The molecule has 1 aliphatic heterocycles. The molecule has 1 heterocycles. The highest BCUT2D eigenvalue weighted by molar-refractivity contribution is 5.81. The fraction of sp³-hybridized carbons (Fsp3) is 0.727. The molecular formula is C11H18O3. The van der Waals surface area contributed by atoms with Gasteiger partial charge >= 0.3 is 5.97 Å². The summed E-state index contributed by atoms with van der Waals surface area (Å²) >= 11 is 0. The van der Waals surface area contributed by atoms with Gasteiger partial charge in [-0.05, 0) is 19.8 Å². The average molecular weight is 198 g/mol. The van der Waals surface area contributed by atoms with E-state index >= 15 is 0 Å². The van der Waals surface area contributed by atoms with Gasteiger partial charge in [-0.25, -0.2) is 4.79 Å². The minimum Gasteiger partial charge on any atom is -0.460 e. The molecule has 0 aromatic heterocycles. The van der Waals surface area contributed by atoms with Crippen molar-refractivity contribution >= 4 is 5.97 Å². The van der Waals surface area contributed by atoms with Crippen LogP contribution in [0.5, 0.6) is 0 Å². The summed E-state index contributed by atoms with van der Waals surface area (Å²) in [6, 6.07) is 0. The van der Waals surface area contributed by atoms with Crippen molar-refractivity contribution < 1.29 is 14.3 Å². The van der Waals surface area contributed by atoms with Crippen LogP contribution in [0.3, 0.4) is 0 Å². The Morgan fingerprint density at radius 1 is 1.79 bits per heavy atom. The van der Waals surface area contributed by atoms with Gasteiger partial charge in [0.15, 0.2) is 0 Å². The number of carbonyl (C=O) groups is 1. The molecule has 0 aromatic rings. The molecule has 0 N–H and O–H groups in total. The second kappa shape index (κ2) is 5.15. The topological polar surface area (TPSA) is 35.5 Å². The van der Waals surface area contributed by atoms with Crippen LogP contribution in [-0.4, -0.2) is 24.8 Å². The maximum Gasteiger partial charge on any atom is 0.330 e. The Bertz CT molecular complexity index is 211. The van der Waals surface area contributed by atoms with Gasteiger partial charge in [0, 0.05) is 12.0 Å². The maximum absolute atomic E-state index is 10.9. The van der Waals surface area contributed by atoms with Gasteiger partial charge in [0.05, 0.1) is 18.8 Å². The second-order valence-electron chi connectivity index (χ2n) is 3.73. The lowest BCUT2D eigenvalue weighted by Gasteiger charge is -2.37. The normalized spacial score (nSPS) is 27.6. The summed E-state index contributed by atoms with van der Waals surface area (Å²) < 4.78 is 10.5. The third-order valence-electron chi connectivity index (χ3n) is 2.57. The molecule has 0 amide bonds. The van der Waals surface area contributed by atoms with E-state index in [1.165, 1.54) is 6.08 Å². The maximum atomic E-state index is 10.9. The summed E-state index contributed by atoms with van der Waals surface area (Å²) in [6.45, 7) is 8.18. The van der Waals surface area contributed by atoms with Crippen molar-refractivity contribution in [3.05, 3.63) is 12.7 Å². The molecule has 1 saturated heterocycles. The minimum atomic E-state index is -0.342. The first kappa shape index (κ1) is 11.2. The molecule has 3 unspecified atom stereocenters. The van der Waals surface area contributed by atoms with Gasteiger partial charge < -0.3 is 9.47 Å². The highest BCUT2D eigenvalue weighted by Crippen LogP contribution is 2.27. The average Bonchev–Trinajstić information content (AvgIpc) is 2.13. The molecule has 80 valence electrons. The lowest BCUT2D eigenvalue weighted by atomic mass is 9.90. The molecule has 14 heavy (non-hydrogen) atoms. The molecule has 3 heteroatoms. The first-order chi connectivity index (χ1) is 6.67. The van der Waals surface area contributed by atoms with Crippen molar-refractivity contribution in [3.8, 4) is 0 Å². The van der Waals surface area contributed by atoms with Crippen LogP contribution in [0.4, 0.5) is 0 Å². The van der Waals surface area contributed by atoms with Gasteiger partial charge in [-0.1, -0.05) is 13.5 Å². The van der Waals surface area contributed by atoms with E-state index in [0.29, 0.717) is 12.0 Å². The van der Waals surface area contributed by atoms with E-state index in [4.69, 9.17) is 9.47 Å². The lowest BCUT2D eigenvalue weighted by molar-refractivity contribution is -0.152. The Morgan fingerprint density at radius 2 is 2.50 bits per heavy atom. The molecule has 0 spiro atoms. The first-order valence-corrected chi connectivity index (χ1v) is 5.12. The first-order valence-electron chi connectivity index (χ1n) is 5.12. The van der Waals surface area contributed by atoms with Gasteiger partial charge in [0.1, 0.15) is 0 Å². The third-order valence-corrected chi connectivity index (χ3v) is 2.57. The molecule has 0 saturated carbocycles. The molecule has 3 atom stereocenters. The van der Waals surface area contributed by atoms with E-state index in [2.05, 4.69) is 13.5 Å². The molecule has 1 rings (SSSR count). The summed E-state index contributed by atoms with van der Waals surface area (Å²) in [5, 5.41) is 0. The van der Waals surface area contributed by atoms with E-state index in [0.717, 1.165) is 19.4 Å². The summed E-state index contributed by atoms with van der Waals surface area (Å²) in [6.07, 6.45) is 3.44. The lowest BCUT2D eigenvalue weighted by Crippen LogP contribution is -2.41. The van der Waals surface area contributed by atoms with E-state index in [1.54, 1.807) is 0 Å². The van der Waals surface area contributed by atoms with Gasteiger partial charge in [-0.15, -0.1) is 0 Å². The molecular weight excluding hydrogens is 180 g/mol. The predicted molar refractivity (Wildman–Crippen MR) is 53.9 cm³/mol. The van der Waals surface area contributed by atoms with Crippen molar-refractivity contribution in [2.75, 3.05) is 6.61 Å². The molecule has 1 fully saturated rings. The largest absolute Gasteiger partial charge is 0.460 e. The molecule has 0 bridgehead atoms. The smallest absolute Gasteiger partial charge is 0.330 e. The van der Waals surface area contributed by atoms with Crippen LogP contribution in [0.2, 0.25) is 0 Å². The molecule has 0 radical (unpaired) electrons. The number of rotatable bonds is 5. The number of ether oxygens (including phenoxy) is 2. The Morgan fingerprint density at radius 3 is 2.93 bits per heavy atom. The highest BCUT2D eigenvalue weighted by atomic mass is 16.5. The van der Waals surface area contributed by atoms with E-state index < -0.39 is 0 Å². The van der Waals surface area contributed by atoms with Crippen molar-refractivity contribution in [1.82, 2.24) is 0 Å². The van der Waals surface area contributed by atoms with Crippen molar-refractivity contribution in [1.29, 1.82) is 0 Å². The zero-order chi connectivity index (χ0) is 10.6. The monoisotopic (exact) mass is 198 g/mol. The molecule has 1 aliphatic rings. The SMILES string of the molecule is C=CC(=O)OC(C)CC1COC1CC. The summed E-state index contributed by atoms with van der Waals surface area (Å²) in [5.41, 5.74) is 0. The van der Waals surface area contributed by atoms with Gasteiger partial charge in [-0.3, -0.25) is 0 Å². The Hall–Kier alpha value is -0.830. The van der Waals surface area contributed by atoms with Gasteiger partial charge in [0.2, 0.25) is 0 Å². The standard InChI is InChI=1S/C11H18O3/c1-4-10-9(7-13-10)6-8(3)14-11(12)5-2/h5,8-10H,2,4,6-7H2,1,3H3. The number of carbonyl (C=O) groups excluding carboxylic acids is 1. The molecule has 3 nitrogen and oxygen atoms in total. The number of esters is 1. The van der Waals surface area contributed by atoms with E-state index in [1.807, 2.05) is 6.92 Å². The summed E-state index contributed by atoms with van der Waals surface area (Å²) in [7, 11) is 0. The fourth-order valence-electron chi connectivity index (χ4n) is 1.76. The predicted octanol–water partition coefficient (Wildman–Crippen LogP) is 1.92.